The first-order chi connectivity index (χ1) is 11.7. The number of benzene rings is 2. The summed E-state index contributed by atoms with van der Waals surface area (Å²) in [6.45, 7) is 2.43. The Morgan fingerprint density at radius 1 is 1.12 bits per heavy atom. The van der Waals surface area contributed by atoms with Crippen LogP contribution in [0.1, 0.15) is 21.7 Å². The van der Waals surface area contributed by atoms with Crippen LogP contribution in [0, 0.1) is 6.92 Å². The lowest BCUT2D eigenvalue weighted by atomic mass is 10.2. The van der Waals surface area contributed by atoms with Crippen molar-refractivity contribution in [1.29, 1.82) is 0 Å². The van der Waals surface area contributed by atoms with Gasteiger partial charge >= 0.3 is 0 Å². The van der Waals surface area contributed by atoms with Crippen LogP contribution in [0.4, 0.5) is 0 Å². The molecule has 1 aromatic heterocycles. The standard InChI is InChI=1S/C19H19N3OS/c1-14-12-18(21-22(14)16-6-4-3-5-7-16)19(23)20-13-15-8-10-17(24-2)11-9-15/h3-12H,13H2,1-2H3,(H,20,23). The molecule has 0 atom stereocenters. The lowest BCUT2D eigenvalue weighted by molar-refractivity contribution is 0.0945. The molecular weight excluding hydrogens is 318 g/mol. The van der Waals surface area contributed by atoms with Crippen molar-refractivity contribution in [3.8, 4) is 5.69 Å². The molecule has 122 valence electrons. The SMILES string of the molecule is CSc1ccc(CNC(=O)c2cc(C)n(-c3ccccc3)n2)cc1. The summed E-state index contributed by atoms with van der Waals surface area (Å²) in [5.74, 6) is -0.165. The summed E-state index contributed by atoms with van der Waals surface area (Å²) in [4.78, 5) is 13.6. The predicted molar refractivity (Wildman–Crippen MR) is 97.7 cm³/mol. The highest BCUT2D eigenvalue weighted by molar-refractivity contribution is 7.98. The van der Waals surface area contributed by atoms with Crippen LogP contribution in [0.2, 0.25) is 0 Å². The molecular formula is C19H19N3OS. The molecule has 1 amide bonds. The highest BCUT2D eigenvalue weighted by Gasteiger charge is 2.12. The van der Waals surface area contributed by atoms with Gasteiger partial charge in [-0.3, -0.25) is 4.79 Å². The smallest absolute Gasteiger partial charge is 0.272 e. The van der Waals surface area contributed by atoms with Gasteiger partial charge in [-0.2, -0.15) is 5.10 Å². The van der Waals surface area contributed by atoms with Crippen LogP contribution in [-0.2, 0) is 6.54 Å². The van der Waals surface area contributed by atoms with Gasteiger partial charge in [-0.1, -0.05) is 30.3 Å². The molecule has 3 rings (SSSR count). The molecule has 0 aliphatic rings. The van der Waals surface area contributed by atoms with Gasteiger partial charge in [0.1, 0.15) is 0 Å². The maximum absolute atomic E-state index is 12.3. The summed E-state index contributed by atoms with van der Waals surface area (Å²) in [6.07, 6.45) is 2.04. The Morgan fingerprint density at radius 3 is 2.50 bits per heavy atom. The topological polar surface area (TPSA) is 46.9 Å². The number of hydrogen-bond donors (Lipinski definition) is 1. The van der Waals surface area contributed by atoms with E-state index in [1.165, 1.54) is 4.90 Å². The van der Waals surface area contributed by atoms with E-state index in [9.17, 15) is 4.79 Å². The van der Waals surface area contributed by atoms with E-state index in [2.05, 4.69) is 22.5 Å². The second-order valence-electron chi connectivity index (χ2n) is 5.45. The van der Waals surface area contributed by atoms with Gasteiger partial charge in [0.25, 0.3) is 5.91 Å². The number of para-hydroxylation sites is 1. The number of nitrogens with zero attached hydrogens (tertiary/aromatic N) is 2. The predicted octanol–water partition coefficient (Wildman–Crippen LogP) is 3.83. The van der Waals surface area contributed by atoms with Crippen LogP contribution in [0.5, 0.6) is 0 Å². The average molecular weight is 337 g/mol. The first-order valence-electron chi connectivity index (χ1n) is 7.70. The molecule has 2 aromatic carbocycles. The van der Waals surface area contributed by atoms with Gasteiger partial charge in [0.05, 0.1) is 5.69 Å². The molecule has 0 bridgehead atoms. The number of carbonyl (C=O) groups excluding carboxylic acids is 1. The third kappa shape index (κ3) is 3.68. The Bertz CT molecular complexity index is 826. The van der Waals surface area contributed by atoms with Gasteiger partial charge in [-0.15, -0.1) is 11.8 Å². The Balaban J connectivity index is 1.69. The second kappa shape index (κ2) is 7.36. The van der Waals surface area contributed by atoms with Crippen LogP contribution in [0.25, 0.3) is 5.69 Å². The number of aryl methyl sites for hydroxylation is 1. The molecule has 0 radical (unpaired) electrons. The molecule has 0 saturated heterocycles. The van der Waals surface area contributed by atoms with Crippen molar-refractivity contribution in [3.05, 3.63) is 77.6 Å². The highest BCUT2D eigenvalue weighted by atomic mass is 32.2. The Kier molecular flexibility index (Phi) is 5.01. The minimum Gasteiger partial charge on any atom is -0.347 e. The second-order valence-corrected chi connectivity index (χ2v) is 6.33. The largest absolute Gasteiger partial charge is 0.347 e. The molecule has 0 fully saturated rings. The van der Waals surface area contributed by atoms with E-state index >= 15 is 0 Å². The van der Waals surface area contributed by atoms with Crippen molar-refractivity contribution in [2.75, 3.05) is 6.26 Å². The summed E-state index contributed by atoms with van der Waals surface area (Å²) in [7, 11) is 0. The Morgan fingerprint density at radius 2 is 1.83 bits per heavy atom. The maximum atomic E-state index is 12.3. The van der Waals surface area contributed by atoms with E-state index in [0.717, 1.165) is 16.9 Å². The number of nitrogens with one attached hydrogen (secondary N) is 1. The van der Waals surface area contributed by atoms with Crippen molar-refractivity contribution in [3.63, 3.8) is 0 Å². The highest BCUT2D eigenvalue weighted by Crippen LogP contribution is 2.15. The first kappa shape index (κ1) is 16.3. The molecule has 0 aliphatic carbocycles. The fraction of sp³-hybridized carbons (Fsp3) is 0.158. The van der Waals surface area contributed by atoms with Crippen molar-refractivity contribution >= 4 is 17.7 Å². The number of aromatic nitrogens is 2. The summed E-state index contributed by atoms with van der Waals surface area (Å²) >= 11 is 1.70. The Labute approximate surface area is 145 Å². The monoisotopic (exact) mass is 337 g/mol. The fourth-order valence-electron chi connectivity index (χ4n) is 2.43. The van der Waals surface area contributed by atoms with Crippen LogP contribution in [0.3, 0.4) is 0 Å². The third-order valence-electron chi connectivity index (χ3n) is 3.73. The quantitative estimate of drug-likeness (QED) is 0.720. The van der Waals surface area contributed by atoms with Crippen LogP contribution in [-0.4, -0.2) is 21.9 Å². The van der Waals surface area contributed by atoms with E-state index in [4.69, 9.17) is 0 Å². The van der Waals surface area contributed by atoms with Gasteiger partial charge in [0.2, 0.25) is 0 Å². The van der Waals surface area contributed by atoms with E-state index in [-0.39, 0.29) is 5.91 Å². The number of hydrogen-bond acceptors (Lipinski definition) is 3. The summed E-state index contributed by atoms with van der Waals surface area (Å²) < 4.78 is 1.78. The maximum Gasteiger partial charge on any atom is 0.272 e. The first-order valence-corrected chi connectivity index (χ1v) is 8.93. The van der Waals surface area contributed by atoms with E-state index in [0.29, 0.717) is 12.2 Å². The van der Waals surface area contributed by atoms with Gasteiger partial charge in [0, 0.05) is 17.1 Å². The summed E-state index contributed by atoms with van der Waals surface area (Å²) in [5, 5.41) is 7.34. The average Bonchev–Trinajstić information content (AvgIpc) is 3.02. The molecule has 4 nitrogen and oxygen atoms in total. The minimum absolute atomic E-state index is 0.165. The van der Waals surface area contributed by atoms with E-state index in [1.807, 2.05) is 55.6 Å². The fourth-order valence-corrected chi connectivity index (χ4v) is 2.84. The van der Waals surface area contributed by atoms with Gasteiger partial charge in [-0.05, 0) is 49.1 Å². The minimum atomic E-state index is -0.165. The molecule has 5 heteroatoms. The third-order valence-corrected chi connectivity index (χ3v) is 4.48. The number of rotatable bonds is 5. The van der Waals surface area contributed by atoms with Crippen molar-refractivity contribution in [1.82, 2.24) is 15.1 Å². The molecule has 1 N–H and O–H groups in total. The molecule has 0 saturated carbocycles. The molecule has 3 aromatic rings. The van der Waals surface area contributed by atoms with Gasteiger partial charge < -0.3 is 5.32 Å². The van der Waals surface area contributed by atoms with Crippen molar-refractivity contribution in [2.45, 2.75) is 18.4 Å². The lowest BCUT2D eigenvalue weighted by Gasteiger charge is -2.05. The molecule has 0 spiro atoms. The normalized spacial score (nSPS) is 10.6. The van der Waals surface area contributed by atoms with Crippen LogP contribution < -0.4 is 5.32 Å². The lowest BCUT2D eigenvalue weighted by Crippen LogP contribution is -2.23. The zero-order valence-electron chi connectivity index (χ0n) is 13.7. The van der Waals surface area contributed by atoms with Crippen LogP contribution >= 0.6 is 11.8 Å². The van der Waals surface area contributed by atoms with Crippen LogP contribution in [0.15, 0.2) is 65.6 Å². The van der Waals surface area contributed by atoms with E-state index in [1.54, 1.807) is 22.5 Å². The van der Waals surface area contributed by atoms with E-state index < -0.39 is 0 Å². The molecule has 0 unspecified atom stereocenters. The molecule has 24 heavy (non-hydrogen) atoms. The zero-order valence-corrected chi connectivity index (χ0v) is 14.5. The summed E-state index contributed by atoms with van der Waals surface area (Å²) in [6, 6.07) is 19.8. The number of thioether (sulfide) groups is 1. The van der Waals surface area contributed by atoms with Gasteiger partial charge in [0.15, 0.2) is 5.69 Å². The summed E-state index contributed by atoms with van der Waals surface area (Å²) in [5.41, 5.74) is 3.37. The Hall–Kier alpha value is -2.53. The van der Waals surface area contributed by atoms with Crippen molar-refractivity contribution in [2.24, 2.45) is 0 Å². The molecule has 0 aliphatic heterocycles. The molecule has 1 heterocycles. The van der Waals surface area contributed by atoms with Crippen molar-refractivity contribution < 1.29 is 4.79 Å². The zero-order chi connectivity index (χ0) is 16.9. The van der Waals surface area contributed by atoms with Gasteiger partial charge in [-0.25, -0.2) is 4.68 Å². The number of carbonyl (C=O) groups is 1. The number of amides is 1.